The maximum atomic E-state index is 12.8. The van der Waals surface area contributed by atoms with Crippen molar-refractivity contribution in [2.45, 2.75) is 26.3 Å². The molecule has 1 fully saturated rings. The van der Waals surface area contributed by atoms with Crippen molar-refractivity contribution >= 4 is 27.3 Å². The molecule has 8 nitrogen and oxygen atoms in total. The third kappa shape index (κ3) is 4.24. The van der Waals surface area contributed by atoms with Crippen molar-refractivity contribution in [2.24, 2.45) is 5.92 Å². The lowest BCUT2D eigenvalue weighted by Gasteiger charge is -2.30. The second-order valence-electron chi connectivity index (χ2n) is 7.28. The van der Waals surface area contributed by atoms with Crippen molar-refractivity contribution in [3.63, 3.8) is 0 Å². The summed E-state index contributed by atoms with van der Waals surface area (Å²) in [6, 6.07) is 8.67. The summed E-state index contributed by atoms with van der Waals surface area (Å²) in [5.41, 5.74) is 0.681. The quantitative estimate of drug-likeness (QED) is 0.691. The molecule has 1 aliphatic heterocycles. The zero-order chi connectivity index (χ0) is 20.4. The van der Waals surface area contributed by atoms with Crippen LogP contribution in [0.1, 0.15) is 35.8 Å². The van der Waals surface area contributed by atoms with Gasteiger partial charge < -0.3 is 15.0 Å². The summed E-state index contributed by atoms with van der Waals surface area (Å²) in [5, 5.41) is 8.24. The molecule has 152 valence electrons. The van der Waals surface area contributed by atoms with Gasteiger partial charge in [0.25, 0.3) is 11.5 Å². The first-order valence-corrected chi connectivity index (χ1v) is 10.4. The number of carbonyl (C=O) groups is 1. The van der Waals surface area contributed by atoms with Gasteiger partial charge in [-0.25, -0.2) is 0 Å². The molecule has 1 saturated heterocycles. The number of fused-ring (bicyclic) bond motifs is 1. The maximum absolute atomic E-state index is 12.8. The van der Waals surface area contributed by atoms with E-state index in [1.165, 1.54) is 28.3 Å². The van der Waals surface area contributed by atoms with Crippen LogP contribution in [0.3, 0.4) is 0 Å². The van der Waals surface area contributed by atoms with Gasteiger partial charge in [-0.3, -0.25) is 9.59 Å². The number of benzene rings is 1. The molecule has 0 saturated carbocycles. The van der Waals surface area contributed by atoms with E-state index < -0.39 is 5.56 Å². The van der Waals surface area contributed by atoms with E-state index in [0.29, 0.717) is 17.4 Å². The molecule has 3 aromatic rings. The maximum Gasteiger partial charge on any atom is 0.274 e. The van der Waals surface area contributed by atoms with E-state index in [0.717, 1.165) is 36.0 Å². The molecule has 29 heavy (non-hydrogen) atoms. The predicted molar refractivity (Wildman–Crippen MR) is 112 cm³/mol. The molecule has 1 aliphatic rings. The molecule has 0 bridgehead atoms. The molecule has 3 heterocycles. The number of aromatic nitrogens is 3. The number of rotatable bonds is 5. The highest BCUT2D eigenvalue weighted by Crippen LogP contribution is 2.27. The van der Waals surface area contributed by atoms with Gasteiger partial charge in [0.2, 0.25) is 10.1 Å². The standard InChI is InChI=1S/C20H23N5O3S/c1-13-4-3-9-24(12-13)20-23-25-16(10-17(26)22-19(25)29-20)18(27)21-11-14-5-7-15(28-2)8-6-14/h5-8,10,13H,3-4,9,11-12H2,1-2H3,(H,21,27)/t13-/m1/s1. The van der Waals surface area contributed by atoms with Crippen LogP contribution in [-0.4, -0.2) is 40.7 Å². The van der Waals surface area contributed by atoms with Gasteiger partial charge in [-0.15, -0.1) is 5.10 Å². The molecular formula is C20H23N5O3S. The molecule has 1 amide bonds. The SMILES string of the molecule is COc1ccc(CNC(=O)c2cc(=O)nc3sc(N4CCC[C@@H](C)C4)nn23)cc1. The Morgan fingerprint density at radius 2 is 2.14 bits per heavy atom. The van der Waals surface area contributed by atoms with E-state index in [1.807, 2.05) is 24.3 Å². The average Bonchev–Trinajstić information content (AvgIpc) is 3.15. The van der Waals surface area contributed by atoms with E-state index in [4.69, 9.17) is 4.74 Å². The van der Waals surface area contributed by atoms with Gasteiger partial charge in [-0.05, 0) is 36.5 Å². The number of nitrogens with one attached hydrogen (secondary N) is 1. The summed E-state index contributed by atoms with van der Waals surface area (Å²) in [5.74, 6) is 0.986. The molecule has 9 heteroatoms. The Bertz CT molecular complexity index is 1080. The van der Waals surface area contributed by atoms with E-state index >= 15 is 0 Å². The van der Waals surface area contributed by atoms with Crippen LogP contribution < -0.4 is 20.5 Å². The Balaban J connectivity index is 1.56. The molecule has 1 atom stereocenters. The number of hydrogen-bond donors (Lipinski definition) is 1. The Kier molecular flexibility index (Phi) is 5.48. The van der Waals surface area contributed by atoms with Gasteiger partial charge in [0.05, 0.1) is 7.11 Å². The highest BCUT2D eigenvalue weighted by Gasteiger charge is 2.22. The van der Waals surface area contributed by atoms with Gasteiger partial charge in [-0.1, -0.05) is 30.4 Å². The van der Waals surface area contributed by atoms with Crippen molar-refractivity contribution < 1.29 is 9.53 Å². The van der Waals surface area contributed by atoms with Crippen LogP contribution in [-0.2, 0) is 6.54 Å². The molecule has 1 N–H and O–H groups in total. The second kappa shape index (κ2) is 8.20. The van der Waals surface area contributed by atoms with Crippen molar-refractivity contribution in [3.05, 3.63) is 51.9 Å². The lowest BCUT2D eigenvalue weighted by atomic mass is 10.0. The molecule has 1 aromatic carbocycles. The number of piperidine rings is 1. The highest BCUT2D eigenvalue weighted by atomic mass is 32.1. The van der Waals surface area contributed by atoms with E-state index in [1.54, 1.807) is 7.11 Å². The van der Waals surface area contributed by atoms with Crippen LogP contribution in [0.15, 0.2) is 35.1 Å². The summed E-state index contributed by atoms with van der Waals surface area (Å²) >= 11 is 1.34. The number of carbonyl (C=O) groups excluding carboxylic acids is 1. The summed E-state index contributed by atoms with van der Waals surface area (Å²) < 4.78 is 6.62. The number of nitrogens with zero attached hydrogens (tertiary/aromatic N) is 4. The first-order chi connectivity index (χ1) is 14.0. The van der Waals surface area contributed by atoms with E-state index in [-0.39, 0.29) is 11.6 Å². The highest BCUT2D eigenvalue weighted by molar-refractivity contribution is 7.20. The van der Waals surface area contributed by atoms with Crippen molar-refractivity contribution in [1.82, 2.24) is 19.9 Å². The van der Waals surface area contributed by atoms with Crippen LogP contribution in [0.25, 0.3) is 4.96 Å². The Morgan fingerprint density at radius 1 is 1.34 bits per heavy atom. The summed E-state index contributed by atoms with van der Waals surface area (Å²) in [6.07, 6.45) is 2.31. The Hall–Kier alpha value is -2.94. The smallest absolute Gasteiger partial charge is 0.274 e. The average molecular weight is 414 g/mol. The van der Waals surface area contributed by atoms with Crippen LogP contribution in [0.2, 0.25) is 0 Å². The molecule has 0 spiro atoms. The lowest BCUT2D eigenvalue weighted by molar-refractivity contribution is 0.0943. The molecule has 2 aromatic heterocycles. The predicted octanol–water partition coefficient (Wildman–Crippen LogP) is 2.33. The minimum atomic E-state index is -0.443. The zero-order valence-corrected chi connectivity index (χ0v) is 17.2. The molecular weight excluding hydrogens is 390 g/mol. The van der Waals surface area contributed by atoms with Crippen LogP contribution in [0, 0.1) is 5.92 Å². The van der Waals surface area contributed by atoms with E-state index in [9.17, 15) is 9.59 Å². The van der Waals surface area contributed by atoms with Crippen LogP contribution >= 0.6 is 11.3 Å². The van der Waals surface area contributed by atoms with Gasteiger partial charge in [0.1, 0.15) is 11.4 Å². The third-order valence-corrected chi connectivity index (χ3v) is 5.99. The topological polar surface area (TPSA) is 88.8 Å². The van der Waals surface area contributed by atoms with Gasteiger partial charge >= 0.3 is 0 Å². The lowest BCUT2D eigenvalue weighted by Crippen LogP contribution is -2.34. The number of hydrogen-bond acceptors (Lipinski definition) is 7. The second-order valence-corrected chi connectivity index (χ2v) is 8.22. The minimum Gasteiger partial charge on any atom is -0.497 e. The van der Waals surface area contributed by atoms with Crippen molar-refractivity contribution in [2.75, 3.05) is 25.1 Å². The Morgan fingerprint density at radius 3 is 2.86 bits per heavy atom. The fourth-order valence-corrected chi connectivity index (χ4v) is 4.42. The number of amides is 1. The van der Waals surface area contributed by atoms with E-state index in [2.05, 4.69) is 27.2 Å². The Labute approximate surface area is 172 Å². The minimum absolute atomic E-state index is 0.195. The molecule has 4 rings (SSSR count). The monoisotopic (exact) mass is 413 g/mol. The summed E-state index contributed by atoms with van der Waals surface area (Å²) in [6.45, 7) is 4.40. The number of anilines is 1. The fourth-order valence-electron chi connectivity index (χ4n) is 3.47. The largest absolute Gasteiger partial charge is 0.497 e. The molecule has 0 unspecified atom stereocenters. The first kappa shape index (κ1) is 19.4. The van der Waals surface area contributed by atoms with Crippen LogP contribution in [0.5, 0.6) is 5.75 Å². The van der Waals surface area contributed by atoms with Crippen LogP contribution in [0.4, 0.5) is 5.13 Å². The summed E-state index contributed by atoms with van der Waals surface area (Å²) in [7, 11) is 1.61. The molecule has 0 aliphatic carbocycles. The first-order valence-electron chi connectivity index (χ1n) is 9.60. The van der Waals surface area contributed by atoms with Gasteiger partial charge in [0, 0.05) is 25.7 Å². The van der Waals surface area contributed by atoms with Crippen molar-refractivity contribution in [3.8, 4) is 5.75 Å². The fraction of sp³-hybridized carbons (Fsp3) is 0.400. The third-order valence-electron chi connectivity index (χ3n) is 5.02. The summed E-state index contributed by atoms with van der Waals surface area (Å²) in [4.78, 5) is 31.5. The number of methoxy groups -OCH3 is 1. The molecule has 0 radical (unpaired) electrons. The zero-order valence-electron chi connectivity index (χ0n) is 16.4. The number of ether oxygens (including phenoxy) is 1. The van der Waals surface area contributed by atoms with Crippen molar-refractivity contribution in [1.29, 1.82) is 0 Å². The van der Waals surface area contributed by atoms with Gasteiger partial charge in [-0.2, -0.15) is 9.50 Å². The normalized spacial score (nSPS) is 16.8. The van der Waals surface area contributed by atoms with Gasteiger partial charge in [0.15, 0.2) is 0 Å².